The molecule has 0 N–H and O–H groups in total. The van der Waals surface area contributed by atoms with E-state index in [2.05, 4.69) is 0 Å². The van der Waals surface area contributed by atoms with Crippen molar-refractivity contribution in [1.29, 1.82) is 0 Å². The molecule has 0 saturated heterocycles. The summed E-state index contributed by atoms with van der Waals surface area (Å²) in [5.74, 6) is 0.987. The Kier molecular flexibility index (Phi) is 5.19. The highest BCUT2D eigenvalue weighted by molar-refractivity contribution is 5.99. The number of nitrogens with zero attached hydrogens (tertiary/aromatic N) is 1. The fraction of sp³-hybridized carbons (Fsp3) is 0.103. The molecule has 1 amide bonds. The van der Waals surface area contributed by atoms with Crippen LogP contribution in [0.3, 0.4) is 0 Å². The molecule has 1 aliphatic rings. The number of ether oxygens (including phenoxy) is 1. The number of benzene rings is 3. The van der Waals surface area contributed by atoms with Crippen LogP contribution >= 0.6 is 0 Å². The Morgan fingerprint density at radius 3 is 2.51 bits per heavy atom. The molecule has 0 saturated carbocycles. The van der Waals surface area contributed by atoms with E-state index in [1.54, 1.807) is 47.6 Å². The van der Waals surface area contributed by atoms with Gasteiger partial charge in [0.15, 0.2) is 5.43 Å². The van der Waals surface area contributed by atoms with Gasteiger partial charge in [0.1, 0.15) is 23.7 Å². The topological polar surface area (TPSA) is 72.9 Å². The molecule has 2 aromatic heterocycles. The smallest absolute Gasteiger partial charge is 0.291 e. The van der Waals surface area contributed by atoms with Crippen LogP contribution in [0.4, 0.5) is 0 Å². The average Bonchev–Trinajstić information content (AvgIpc) is 3.51. The second kappa shape index (κ2) is 8.65. The van der Waals surface area contributed by atoms with Crippen molar-refractivity contribution >= 4 is 16.9 Å². The number of hydrogen-bond acceptors (Lipinski definition) is 5. The van der Waals surface area contributed by atoms with Crippen molar-refractivity contribution in [3.63, 3.8) is 0 Å². The Morgan fingerprint density at radius 2 is 1.69 bits per heavy atom. The molecule has 6 heteroatoms. The van der Waals surface area contributed by atoms with Crippen LogP contribution in [0, 0.1) is 0 Å². The Labute approximate surface area is 201 Å². The number of carbonyl (C=O) groups excluding carboxylic acids is 1. The van der Waals surface area contributed by atoms with Crippen molar-refractivity contribution < 1.29 is 18.4 Å². The molecular weight excluding hydrogens is 442 g/mol. The van der Waals surface area contributed by atoms with Gasteiger partial charge < -0.3 is 18.5 Å². The maximum absolute atomic E-state index is 13.6. The summed E-state index contributed by atoms with van der Waals surface area (Å²) in [5.41, 5.74) is 2.32. The van der Waals surface area contributed by atoms with Gasteiger partial charge in [0.25, 0.3) is 5.91 Å². The van der Waals surface area contributed by atoms with Gasteiger partial charge in [-0.1, -0.05) is 54.6 Å². The molecule has 3 aromatic carbocycles. The van der Waals surface area contributed by atoms with Crippen molar-refractivity contribution in [3.05, 3.63) is 136 Å². The van der Waals surface area contributed by atoms with Crippen LogP contribution in [0.1, 0.15) is 39.0 Å². The number of rotatable bonds is 6. The standard InChI is InChI=1S/C29H21NO5/c31-27-23-13-4-5-14-24(23)35-28-25(27)26(30(29(28)32)17-22-12-7-15-33-22)20-10-6-11-21(16-20)34-18-19-8-2-1-3-9-19/h1-16,26H,17-18H2/t26-/m1/s1. The second-order valence-electron chi connectivity index (χ2n) is 8.43. The SMILES string of the molecule is O=C1c2oc3ccccc3c(=O)c2[C@@H](c2cccc(OCc3ccccc3)c2)N1Cc1ccco1. The van der Waals surface area contributed by atoms with Gasteiger partial charge in [-0.05, 0) is 47.5 Å². The highest BCUT2D eigenvalue weighted by Crippen LogP contribution is 2.40. The number of fused-ring (bicyclic) bond motifs is 2. The summed E-state index contributed by atoms with van der Waals surface area (Å²) >= 11 is 0. The molecule has 6 nitrogen and oxygen atoms in total. The summed E-state index contributed by atoms with van der Waals surface area (Å²) in [5, 5.41) is 0.445. The summed E-state index contributed by atoms with van der Waals surface area (Å²) in [6, 6.07) is 27.3. The van der Waals surface area contributed by atoms with E-state index in [1.165, 1.54) is 0 Å². The van der Waals surface area contributed by atoms with Crippen molar-refractivity contribution in [3.8, 4) is 5.75 Å². The summed E-state index contributed by atoms with van der Waals surface area (Å²) in [6.07, 6.45) is 1.56. The Hall–Kier alpha value is -4.58. The minimum atomic E-state index is -0.635. The zero-order valence-corrected chi connectivity index (χ0v) is 18.7. The lowest BCUT2D eigenvalue weighted by atomic mass is 9.98. The van der Waals surface area contributed by atoms with E-state index in [1.807, 2.05) is 54.6 Å². The van der Waals surface area contributed by atoms with Crippen LogP contribution in [0.25, 0.3) is 11.0 Å². The Balaban J connectivity index is 1.44. The molecule has 0 unspecified atom stereocenters. The molecule has 0 fully saturated rings. The third-order valence-corrected chi connectivity index (χ3v) is 6.20. The highest BCUT2D eigenvalue weighted by atomic mass is 16.5. The van der Waals surface area contributed by atoms with Gasteiger partial charge in [-0.25, -0.2) is 0 Å². The largest absolute Gasteiger partial charge is 0.489 e. The summed E-state index contributed by atoms with van der Waals surface area (Å²) in [6.45, 7) is 0.610. The lowest BCUT2D eigenvalue weighted by Gasteiger charge is -2.24. The molecule has 172 valence electrons. The second-order valence-corrected chi connectivity index (χ2v) is 8.43. The molecular formula is C29H21NO5. The fourth-order valence-corrected chi connectivity index (χ4v) is 4.56. The van der Waals surface area contributed by atoms with Crippen LogP contribution in [-0.4, -0.2) is 10.8 Å². The quantitative estimate of drug-likeness (QED) is 0.323. The maximum atomic E-state index is 13.6. The van der Waals surface area contributed by atoms with Gasteiger partial charge in [0, 0.05) is 0 Å². The molecule has 35 heavy (non-hydrogen) atoms. The third kappa shape index (κ3) is 3.79. The van der Waals surface area contributed by atoms with Crippen LogP contribution < -0.4 is 10.2 Å². The molecule has 0 bridgehead atoms. The first-order valence-corrected chi connectivity index (χ1v) is 11.3. The molecule has 0 aliphatic carbocycles. The molecule has 1 aliphatic heterocycles. The van der Waals surface area contributed by atoms with Gasteiger partial charge in [-0.2, -0.15) is 0 Å². The predicted octanol–water partition coefficient (Wildman–Crippen LogP) is 5.71. The van der Waals surface area contributed by atoms with Gasteiger partial charge in [0.05, 0.1) is 29.8 Å². The third-order valence-electron chi connectivity index (χ3n) is 6.20. The number of furan rings is 1. The lowest BCUT2D eigenvalue weighted by molar-refractivity contribution is 0.0701. The normalized spacial score (nSPS) is 14.9. The maximum Gasteiger partial charge on any atom is 0.291 e. The van der Waals surface area contributed by atoms with Crippen molar-refractivity contribution in [2.45, 2.75) is 19.2 Å². The fourth-order valence-electron chi connectivity index (χ4n) is 4.56. The van der Waals surface area contributed by atoms with E-state index >= 15 is 0 Å². The first-order chi connectivity index (χ1) is 17.2. The molecule has 1 atom stereocenters. The summed E-state index contributed by atoms with van der Waals surface area (Å²) < 4.78 is 17.5. The monoisotopic (exact) mass is 463 g/mol. The van der Waals surface area contributed by atoms with Crippen LogP contribution in [0.15, 0.2) is 111 Å². The minimum absolute atomic E-state index is 0.0702. The lowest BCUT2D eigenvalue weighted by Crippen LogP contribution is -2.29. The van der Waals surface area contributed by atoms with Crippen LogP contribution in [0.5, 0.6) is 5.75 Å². The van der Waals surface area contributed by atoms with Crippen molar-refractivity contribution in [2.24, 2.45) is 0 Å². The summed E-state index contributed by atoms with van der Waals surface area (Å²) in [7, 11) is 0. The molecule has 0 spiro atoms. The zero-order valence-electron chi connectivity index (χ0n) is 18.7. The van der Waals surface area contributed by atoms with E-state index in [9.17, 15) is 9.59 Å². The van der Waals surface area contributed by atoms with Crippen LogP contribution in [-0.2, 0) is 13.2 Å². The number of hydrogen-bond donors (Lipinski definition) is 0. The van der Waals surface area contributed by atoms with Gasteiger partial charge in [-0.3, -0.25) is 9.59 Å². The number of carbonyl (C=O) groups is 1. The highest BCUT2D eigenvalue weighted by Gasteiger charge is 2.43. The minimum Gasteiger partial charge on any atom is -0.489 e. The van der Waals surface area contributed by atoms with E-state index in [-0.39, 0.29) is 23.6 Å². The van der Waals surface area contributed by atoms with Crippen LogP contribution in [0.2, 0.25) is 0 Å². The van der Waals surface area contributed by atoms with Gasteiger partial charge >= 0.3 is 0 Å². The first kappa shape index (κ1) is 21.0. The molecule has 0 radical (unpaired) electrons. The molecule has 3 heterocycles. The van der Waals surface area contributed by atoms with Crippen molar-refractivity contribution in [1.82, 2.24) is 4.90 Å². The summed E-state index contributed by atoms with van der Waals surface area (Å²) in [4.78, 5) is 28.7. The molecule has 5 aromatic rings. The number of para-hydroxylation sites is 1. The molecule has 6 rings (SSSR count). The predicted molar refractivity (Wildman–Crippen MR) is 130 cm³/mol. The van der Waals surface area contributed by atoms with Gasteiger partial charge in [0.2, 0.25) is 5.76 Å². The zero-order chi connectivity index (χ0) is 23.8. The van der Waals surface area contributed by atoms with E-state index in [0.717, 1.165) is 11.1 Å². The first-order valence-electron chi connectivity index (χ1n) is 11.3. The average molecular weight is 463 g/mol. The van der Waals surface area contributed by atoms with Crippen molar-refractivity contribution in [2.75, 3.05) is 0 Å². The van der Waals surface area contributed by atoms with E-state index in [4.69, 9.17) is 13.6 Å². The van der Waals surface area contributed by atoms with Gasteiger partial charge in [-0.15, -0.1) is 0 Å². The van der Waals surface area contributed by atoms with E-state index < -0.39 is 6.04 Å². The van der Waals surface area contributed by atoms with E-state index in [0.29, 0.717) is 34.6 Å². The number of amides is 1. The Morgan fingerprint density at radius 1 is 0.857 bits per heavy atom. The Bertz CT molecular complexity index is 1570.